The highest BCUT2D eigenvalue weighted by atomic mass is 15.3. The topological polar surface area (TPSA) is 113 Å². The molecule has 0 amide bonds. The van der Waals surface area contributed by atoms with Gasteiger partial charge in [0.25, 0.3) is 0 Å². The van der Waals surface area contributed by atoms with Crippen molar-refractivity contribution in [2.45, 2.75) is 0 Å². The van der Waals surface area contributed by atoms with Crippen molar-refractivity contribution in [3.05, 3.63) is 127 Å². The molecule has 0 spiro atoms. The van der Waals surface area contributed by atoms with E-state index in [4.69, 9.17) is 34.9 Å². The van der Waals surface area contributed by atoms with E-state index in [1.165, 1.54) is 0 Å². The second kappa shape index (κ2) is 14.8. The maximum atomic E-state index is 5.02. The van der Waals surface area contributed by atoms with Crippen molar-refractivity contribution in [3.63, 3.8) is 0 Å². The van der Waals surface area contributed by atoms with Crippen LogP contribution in [0.25, 0.3) is 0 Å². The van der Waals surface area contributed by atoms with E-state index in [-0.39, 0.29) is 0 Å². The minimum absolute atomic E-state index is 0.732. The Bertz CT molecular complexity index is 1890. The van der Waals surface area contributed by atoms with E-state index in [2.05, 4.69) is 0 Å². The lowest BCUT2D eigenvalue weighted by molar-refractivity contribution is 0.997. The Balaban J connectivity index is 1.22. The van der Waals surface area contributed by atoms with Crippen molar-refractivity contribution in [2.75, 3.05) is 83.6 Å². The van der Waals surface area contributed by atoms with Crippen LogP contribution in [0.4, 0.5) is 81.5 Å². The van der Waals surface area contributed by atoms with Crippen LogP contribution in [0.15, 0.2) is 127 Å². The molecular weight excluding hydrogens is 701 g/mol. The Morgan fingerprint density at radius 3 is 0.375 bits per heavy atom. The molecule has 0 saturated carbocycles. The predicted octanol–water partition coefficient (Wildman–Crippen LogP) is 8.14. The first-order chi connectivity index (χ1) is 27.1. The van der Waals surface area contributed by atoms with Gasteiger partial charge in [-0.1, -0.05) is 42.5 Å². The molecule has 0 saturated heterocycles. The zero-order valence-electron chi connectivity index (χ0n) is 32.4. The summed E-state index contributed by atoms with van der Waals surface area (Å²) in [6.45, 7) is 0. The van der Waals surface area contributed by atoms with Crippen molar-refractivity contribution >= 4 is 81.5 Å². The summed E-state index contributed by atoms with van der Waals surface area (Å²) in [6.07, 6.45) is 0. The standard InChI is InChI=1S/C42H42N14/c1-50-29-15-8-17-31(43-29)51(2)33-19-10-21-35(45-33)53(4)37-23-12-25-39(47-37)55(6)41-27-14-28-42(49-41)56(7)40-26-13-24-38(48-40)54(5)36-22-11-20-34(46-36)52(3)32-18-9-16-30(50)44-32/h8-28H,1-7H3. The summed E-state index contributed by atoms with van der Waals surface area (Å²) in [4.78, 5) is 48.9. The summed E-state index contributed by atoms with van der Waals surface area (Å²) in [7, 11) is 13.7. The van der Waals surface area contributed by atoms with Crippen molar-refractivity contribution < 1.29 is 0 Å². The van der Waals surface area contributed by atoms with Crippen LogP contribution in [0, 0.1) is 0 Å². The number of aromatic nitrogens is 7. The maximum Gasteiger partial charge on any atom is 0.136 e. The first kappa shape index (κ1) is 35.7. The Hall–Kier alpha value is -7.35. The summed E-state index contributed by atoms with van der Waals surface area (Å²) in [5.74, 6) is 10.2. The van der Waals surface area contributed by atoms with Gasteiger partial charge in [0.1, 0.15) is 81.5 Å². The van der Waals surface area contributed by atoms with Gasteiger partial charge >= 0.3 is 0 Å². The molecule has 0 atom stereocenters. The molecule has 1 aliphatic rings. The number of hydrogen-bond acceptors (Lipinski definition) is 14. The average Bonchev–Trinajstić information content (AvgIpc) is 3.27. The van der Waals surface area contributed by atoms with E-state index < -0.39 is 0 Å². The van der Waals surface area contributed by atoms with Gasteiger partial charge in [-0.05, 0) is 84.9 Å². The largest absolute Gasteiger partial charge is 0.314 e. The van der Waals surface area contributed by atoms with Crippen LogP contribution in [0.5, 0.6) is 0 Å². The van der Waals surface area contributed by atoms with Crippen LogP contribution >= 0.6 is 0 Å². The maximum absolute atomic E-state index is 5.02. The van der Waals surface area contributed by atoms with Gasteiger partial charge in [0.2, 0.25) is 0 Å². The molecule has 8 heterocycles. The number of hydrogen-bond donors (Lipinski definition) is 0. The van der Waals surface area contributed by atoms with Gasteiger partial charge in [-0.25, -0.2) is 34.9 Å². The first-order valence-electron chi connectivity index (χ1n) is 18.1. The van der Waals surface area contributed by atoms with Crippen LogP contribution in [-0.2, 0) is 0 Å². The Labute approximate surface area is 326 Å². The Morgan fingerprint density at radius 2 is 0.286 bits per heavy atom. The zero-order chi connectivity index (χ0) is 38.9. The zero-order valence-corrected chi connectivity index (χ0v) is 32.4. The molecule has 280 valence electrons. The van der Waals surface area contributed by atoms with E-state index in [1.807, 2.05) is 211 Å². The van der Waals surface area contributed by atoms with Crippen molar-refractivity contribution in [1.29, 1.82) is 0 Å². The van der Waals surface area contributed by atoms with Crippen LogP contribution in [0.3, 0.4) is 0 Å². The molecule has 14 bridgehead atoms. The van der Waals surface area contributed by atoms with E-state index in [9.17, 15) is 0 Å². The molecular formula is C42H42N14. The monoisotopic (exact) mass is 742 g/mol. The summed E-state index contributed by atoms with van der Waals surface area (Å²) >= 11 is 0. The highest BCUT2D eigenvalue weighted by Crippen LogP contribution is 2.33. The normalized spacial score (nSPS) is 13.4. The molecule has 1 aliphatic heterocycles. The Kier molecular flexibility index (Phi) is 9.44. The van der Waals surface area contributed by atoms with E-state index in [0.29, 0.717) is 0 Å². The third kappa shape index (κ3) is 6.91. The Morgan fingerprint density at radius 1 is 0.196 bits per heavy atom. The third-order valence-electron chi connectivity index (χ3n) is 9.85. The molecule has 0 fully saturated rings. The second-order valence-electron chi connectivity index (χ2n) is 13.4. The van der Waals surface area contributed by atoms with Crippen LogP contribution in [-0.4, -0.2) is 84.2 Å². The van der Waals surface area contributed by atoms with E-state index in [1.54, 1.807) is 0 Å². The fourth-order valence-electron chi connectivity index (χ4n) is 6.32. The quantitative estimate of drug-likeness (QED) is 0.149. The van der Waals surface area contributed by atoms with E-state index in [0.717, 1.165) is 81.5 Å². The molecule has 0 unspecified atom stereocenters. The lowest BCUT2D eigenvalue weighted by atomic mass is 10.3. The predicted molar refractivity (Wildman–Crippen MR) is 226 cm³/mol. The molecule has 14 heteroatoms. The fourth-order valence-corrected chi connectivity index (χ4v) is 6.32. The number of rotatable bonds is 0. The number of fused-ring (bicyclic) bond motifs is 14. The third-order valence-corrected chi connectivity index (χ3v) is 9.85. The highest BCUT2D eigenvalue weighted by Gasteiger charge is 2.19. The molecule has 0 N–H and O–H groups in total. The van der Waals surface area contributed by atoms with Gasteiger partial charge in [0, 0.05) is 49.3 Å². The molecule has 7 aromatic rings. The van der Waals surface area contributed by atoms with Gasteiger partial charge in [0.05, 0.1) is 0 Å². The van der Waals surface area contributed by atoms with Crippen LogP contribution < -0.4 is 34.3 Å². The molecule has 0 aromatic carbocycles. The number of anilines is 14. The molecule has 14 nitrogen and oxygen atoms in total. The first-order valence-corrected chi connectivity index (χ1v) is 18.1. The summed E-state index contributed by atoms with van der Waals surface area (Å²) in [5.41, 5.74) is 0. The van der Waals surface area contributed by atoms with Crippen LogP contribution in [0.1, 0.15) is 0 Å². The molecule has 7 aromatic heterocycles. The molecule has 8 rings (SSSR count). The number of pyridine rings is 7. The molecule has 56 heavy (non-hydrogen) atoms. The minimum atomic E-state index is 0.732. The highest BCUT2D eigenvalue weighted by molar-refractivity contribution is 5.69. The number of nitrogens with zero attached hydrogens (tertiary/aromatic N) is 14. The van der Waals surface area contributed by atoms with Gasteiger partial charge in [-0.2, -0.15) is 0 Å². The van der Waals surface area contributed by atoms with Crippen LogP contribution in [0.2, 0.25) is 0 Å². The second-order valence-corrected chi connectivity index (χ2v) is 13.4. The summed E-state index contributed by atoms with van der Waals surface area (Å²) in [5, 5.41) is 0. The molecule has 0 radical (unpaired) electrons. The SMILES string of the molecule is CN1c2cccc(n2)N(C)c2cccc(n2)N(C)c2cccc(n2)N(C)c2cccc(n2)N(C)c2cccc(n2)N(C)c2cccc(n2)N(C)c2cccc1n2. The van der Waals surface area contributed by atoms with Gasteiger partial charge < -0.3 is 34.3 Å². The molecule has 0 aliphatic carbocycles. The lowest BCUT2D eigenvalue weighted by Crippen LogP contribution is -2.20. The van der Waals surface area contributed by atoms with Crippen molar-refractivity contribution in [3.8, 4) is 0 Å². The summed E-state index contributed by atoms with van der Waals surface area (Å²) in [6, 6.07) is 41.5. The van der Waals surface area contributed by atoms with Gasteiger partial charge in [0.15, 0.2) is 0 Å². The minimum Gasteiger partial charge on any atom is -0.314 e. The van der Waals surface area contributed by atoms with E-state index >= 15 is 0 Å². The van der Waals surface area contributed by atoms with Crippen molar-refractivity contribution in [1.82, 2.24) is 34.9 Å². The van der Waals surface area contributed by atoms with Gasteiger partial charge in [-0.15, -0.1) is 0 Å². The van der Waals surface area contributed by atoms with Gasteiger partial charge in [-0.3, -0.25) is 0 Å². The lowest BCUT2D eigenvalue weighted by Gasteiger charge is -2.26. The van der Waals surface area contributed by atoms with Crippen molar-refractivity contribution in [2.24, 2.45) is 0 Å². The fraction of sp³-hybridized carbons (Fsp3) is 0.167. The average molecular weight is 743 g/mol. The summed E-state index contributed by atoms with van der Waals surface area (Å²) < 4.78 is 0. The smallest absolute Gasteiger partial charge is 0.136 e.